The van der Waals surface area contributed by atoms with E-state index in [2.05, 4.69) is 106 Å². The highest BCUT2D eigenvalue weighted by molar-refractivity contribution is 5.71. The molecule has 0 aromatic rings. The zero-order valence-corrected chi connectivity index (χ0v) is 48.8. The van der Waals surface area contributed by atoms with Gasteiger partial charge in [-0.3, -0.25) is 14.4 Å². The van der Waals surface area contributed by atoms with Crippen LogP contribution in [0.3, 0.4) is 0 Å². The smallest absolute Gasteiger partial charge is 0.306 e. The summed E-state index contributed by atoms with van der Waals surface area (Å²) in [5.74, 6) is -0.905. The number of allylic oxidation sites excluding steroid dienone is 14. The maximum Gasteiger partial charge on any atom is 0.306 e. The molecule has 74 heavy (non-hydrogen) atoms. The molecule has 0 saturated heterocycles. The van der Waals surface area contributed by atoms with E-state index in [0.717, 1.165) is 116 Å². The summed E-state index contributed by atoms with van der Waals surface area (Å²) in [7, 11) is 0. The van der Waals surface area contributed by atoms with Gasteiger partial charge >= 0.3 is 17.9 Å². The van der Waals surface area contributed by atoms with E-state index >= 15 is 0 Å². The monoisotopic (exact) mass is 1030 g/mol. The summed E-state index contributed by atoms with van der Waals surface area (Å²) in [6.07, 6.45) is 81.5. The molecule has 1 unspecified atom stereocenters. The fourth-order valence-corrected chi connectivity index (χ4v) is 8.87. The molecular formula is C68H118O6. The Morgan fingerprint density at radius 1 is 0.284 bits per heavy atom. The fraction of sp³-hybridized carbons (Fsp3) is 0.750. The van der Waals surface area contributed by atoms with E-state index in [1.807, 2.05) is 0 Å². The van der Waals surface area contributed by atoms with Gasteiger partial charge in [0.1, 0.15) is 13.2 Å². The van der Waals surface area contributed by atoms with Gasteiger partial charge in [-0.15, -0.1) is 0 Å². The van der Waals surface area contributed by atoms with Crippen molar-refractivity contribution in [1.82, 2.24) is 0 Å². The lowest BCUT2D eigenvalue weighted by atomic mass is 10.1. The van der Waals surface area contributed by atoms with Gasteiger partial charge in [0.15, 0.2) is 6.10 Å². The molecule has 0 aliphatic carbocycles. The van der Waals surface area contributed by atoms with Crippen molar-refractivity contribution in [2.24, 2.45) is 0 Å². The summed E-state index contributed by atoms with van der Waals surface area (Å²) in [5.41, 5.74) is 0. The van der Waals surface area contributed by atoms with E-state index < -0.39 is 6.10 Å². The first-order valence-corrected chi connectivity index (χ1v) is 31.6. The van der Waals surface area contributed by atoms with Gasteiger partial charge in [0, 0.05) is 19.3 Å². The van der Waals surface area contributed by atoms with Gasteiger partial charge in [-0.05, 0) is 116 Å². The number of unbranched alkanes of at least 4 members (excludes halogenated alkanes) is 32. The second-order valence-electron chi connectivity index (χ2n) is 20.9. The normalized spacial score (nSPS) is 12.6. The van der Waals surface area contributed by atoms with Gasteiger partial charge < -0.3 is 14.2 Å². The summed E-state index contributed by atoms with van der Waals surface area (Å²) >= 11 is 0. The van der Waals surface area contributed by atoms with Crippen LogP contribution in [-0.2, 0) is 28.6 Å². The molecule has 0 aliphatic heterocycles. The fourth-order valence-electron chi connectivity index (χ4n) is 8.87. The Hall–Kier alpha value is -3.41. The third-order valence-corrected chi connectivity index (χ3v) is 13.6. The minimum Gasteiger partial charge on any atom is -0.462 e. The van der Waals surface area contributed by atoms with Crippen molar-refractivity contribution < 1.29 is 28.6 Å². The predicted molar refractivity (Wildman–Crippen MR) is 321 cm³/mol. The van der Waals surface area contributed by atoms with Gasteiger partial charge in [0.25, 0.3) is 0 Å². The van der Waals surface area contributed by atoms with Crippen molar-refractivity contribution in [1.29, 1.82) is 0 Å². The zero-order valence-electron chi connectivity index (χ0n) is 48.8. The number of rotatable bonds is 57. The van der Waals surface area contributed by atoms with Crippen molar-refractivity contribution in [2.45, 2.75) is 316 Å². The lowest BCUT2D eigenvalue weighted by Crippen LogP contribution is -2.30. The molecule has 0 heterocycles. The number of esters is 3. The highest BCUT2D eigenvalue weighted by Gasteiger charge is 2.19. The Morgan fingerprint density at radius 2 is 0.527 bits per heavy atom. The van der Waals surface area contributed by atoms with Crippen molar-refractivity contribution >= 4 is 17.9 Å². The lowest BCUT2D eigenvalue weighted by molar-refractivity contribution is -0.167. The molecule has 0 bridgehead atoms. The van der Waals surface area contributed by atoms with Gasteiger partial charge in [-0.1, -0.05) is 260 Å². The largest absolute Gasteiger partial charge is 0.462 e. The first kappa shape index (κ1) is 70.6. The highest BCUT2D eigenvalue weighted by atomic mass is 16.6. The highest BCUT2D eigenvalue weighted by Crippen LogP contribution is 2.16. The van der Waals surface area contributed by atoms with Crippen molar-refractivity contribution in [3.05, 3.63) is 85.1 Å². The second kappa shape index (κ2) is 62.1. The number of carbonyl (C=O) groups is 3. The molecule has 0 spiro atoms. The van der Waals surface area contributed by atoms with Crippen molar-refractivity contribution in [3.63, 3.8) is 0 Å². The van der Waals surface area contributed by atoms with Gasteiger partial charge in [-0.2, -0.15) is 0 Å². The molecule has 426 valence electrons. The lowest BCUT2D eigenvalue weighted by Gasteiger charge is -2.18. The molecule has 0 aliphatic rings. The summed E-state index contributed by atoms with van der Waals surface area (Å²) in [5, 5.41) is 0. The topological polar surface area (TPSA) is 78.9 Å². The third-order valence-electron chi connectivity index (χ3n) is 13.6. The van der Waals surface area contributed by atoms with E-state index in [0.29, 0.717) is 19.3 Å². The van der Waals surface area contributed by atoms with E-state index in [4.69, 9.17) is 14.2 Å². The van der Waals surface area contributed by atoms with E-state index in [-0.39, 0.29) is 31.1 Å². The van der Waals surface area contributed by atoms with Crippen LogP contribution in [0, 0.1) is 0 Å². The second-order valence-corrected chi connectivity index (χ2v) is 20.9. The number of ether oxygens (including phenoxy) is 3. The van der Waals surface area contributed by atoms with Crippen LogP contribution in [0.25, 0.3) is 0 Å². The SMILES string of the molecule is CC/C=C\C/C=C\C/C=C\CCCCCCCC(=O)OCC(COC(=O)CCCCCCCCCC/C=C\C/C=C\C/C=C\CCCCCCC)OC(=O)CCCCCCCCC/C=C\CCCCCCCCC. The summed E-state index contributed by atoms with van der Waals surface area (Å²) in [6, 6.07) is 0. The molecule has 0 fully saturated rings. The van der Waals surface area contributed by atoms with Crippen LogP contribution in [0.1, 0.15) is 310 Å². The Morgan fingerprint density at radius 3 is 0.838 bits per heavy atom. The average molecular weight is 1030 g/mol. The van der Waals surface area contributed by atoms with Crippen LogP contribution in [0.5, 0.6) is 0 Å². The molecule has 6 nitrogen and oxygen atoms in total. The molecule has 0 rings (SSSR count). The van der Waals surface area contributed by atoms with Crippen LogP contribution in [-0.4, -0.2) is 37.2 Å². The van der Waals surface area contributed by atoms with Crippen molar-refractivity contribution in [2.75, 3.05) is 13.2 Å². The Kier molecular flexibility index (Phi) is 59.3. The zero-order chi connectivity index (χ0) is 53.6. The summed E-state index contributed by atoms with van der Waals surface area (Å²) < 4.78 is 16.9. The van der Waals surface area contributed by atoms with Crippen LogP contribution >= 0.6 is 0 Å². The molecule has 0 N–H and O–H groups in total. The minimum absolute atomic E-state index is 0.0873. The standard InChI is InChI=1S/C68H118O6/c1-4-7-10-13-16-19-22-25-28-30-32-33-34-35-36-38-40-43-46-49-52-55-58-61-67(70)73-64-65(63-72-66(69)60-57-54-51-48-45-42-39-27-24-21-18-15-12-9-6-3)74-68(71)62-59-56-53-50-47-44-41-37-31-29-26-23-20-17-14-11-8-5-2/h9,12,18,21-22,25,27,29-32,34-35,39,65H,4-8,10-11,13-17,19-20,23-24,26,28,33,36-38,40-64H2,1-3H3/b12-9-,21-18-,25-22-,31-29-,32-30-,35-34-,39-27-. The third kappa shape index (κ3) is 59.5. The van der Waals surface area contributed by atoms with Crippen LogP contribution < -0.4 is 0 Å². The summed E-state index contributed by atoms with van der Waals surface area (Å²) in [6.45, 7) is 6.52. The van der Waals surface area contributed by atoms with E-state index in [1.165, 1.54) is 154 Å². The quantitative estimate of drug-likeness (QED) is 0.0261. The molecule has 0 aromatic carbocycles. The molecule has 6 heteroatoms. The molecule has 0 radical (unpaired) electrons. The molecule has 1 atom stereocenters. The Balaban J connectivity index is 4.39. The maximum absolute atomic E-state index is 12.9. The van der Waals surface area contributed by atoms with Crippen LogP contribution in [0.4, 0.5) is 0 Å². The minimum atomic E-state index is -0.791. The molecule has 0 amide bonds. The average Bonchev–Trinajstić information content (AvgIpc) is 3.40. The van der Waals surface area contributed by atoms with Gasteiger partial charge in [-0.25, -0.2) is 0 Å². The van der Waals surface area contributed by atoms with Gasteiger partial charge in [0.2, 0.25) is 0 Å². The van der Waals surface area contributed by atoms with E-state index in [1.54, 1.807) is 0 Å². The first-order valence-electron chi connectivity index (χ1n) is 31.6. The number of hydrogen-bond acceptors (Lipinski definition) is 6. The Labute approximate surface area is 458 Å². The molecular weight excluding hydrogens is 913 g/mol. The number of carbonyl (C=O) groups excluding carboxylic acids is 3. The van der Waals surface area contributed by atoms with Crippen LogP contribution in [0.2, 0.25) is 0 Å². The Bertz CT molecular complexity index is 1420. The summed E-state index contributed by atoms with van der Waals surface area (Å²) in [4.78, 5) is 38.3. The molecule has 0 saturated carbocycles. The number of hydrogen-bond donors (Lipinski definition) is 0. The van der Waals surface area contributed by atoms with Gasteiger partial charge in [0.05, 0.1) is 0 Å². The maximum atomic E-state index is 12.9. The van der Waals surface area contributed by atoms with Crippen LogP contribution in [0.15, 0.2) is 85.1 Å². The van der Waals surface area contributed by atoms with Crippen molar-refractivity contribution in [3.8, 4) is 0 Å². The first-order chi connectivity index (χ1) is 36.5. The predicted octanol–water partition coefficient (Wildman–Crippen LogP) is 21.5. The van der Waals surface area contributed by atoms with E-state index in [9.17, 15) is 14.4 Å². The molecule has 0 aromatic heterocycles.